The first-order chi connectivity index (χ1) is 20.5. The number of rotatable bonds is 8. The predicted octanol–water partition coefficient (Wildman–Crippen LogP) is 6.28. The van der Waals surface area contributed by atoms with Crippen molar-refractivity contribution in [2.24, 2.45) is 0 Å². The van der Waals surface area contributed by atoms with Crippen molar-refractivity contribution in [1.82, 2.24) is 15.2 Å². The number of esters is 1. The van der Waals surface area contributed by atoms with Crippen LogP contribution in [0.3, 0.4) is 0 Å². The average molecular weight is 577 g/mol. The molecule has 2 atom stereocenters. The quantitative estimate of drug-likeness (QED) is 0.165. The Hall–Kier alpha value is -5.02. The van der Waals surface area contributed by atoms with Crippen LogP contribution in [0, 0.1) is 0 Å². The summed E-state index contributed by atoms with van der Waals surface area (Å²) in [6, 6.07) is 29.7. The monoisotopic (exact) mass is 576 g/mol. The van der Waals surface area contributed by atoms with Gasteiger partial charge in [-0.25, -0.2) is 4.79 Å². The highest BCUT2D eigenvalue weighted by molar-refractivity contribution is 7.80. The molecule has 0 radical (unpaired) electrons. The molecule has 8 nitrogen and oxygen atoms in total. The number of fused-ring (bicyclic) bond motifs is 1. The number of methoxy groups -OCH3 is 1. The van der Waals surface area contributed by atoms with Crippen LogP contribution in [0.5, 0.6) is 0 Å². The molecule has 210 valence electrons. The minimum atomic E-state index is -0.419. The van der Waals surface area contributed by atoms with E-state index in [1.165, 1.54) is 7.11 Å². The third-order valence-electron chi connectivity index (χ3n) is 7.33. The summed E-state index contributed by atoms with van der Waals surface area (Å²) in [5.74, 6) is 0.721. The topological polar surface area (TPSA) is 96.7 Å². The van der Waals surface area contributed by atoms with Gasteiger partial charge in [0.2, 0.25) is 5.91 Å². The number of pyridine rings is 1. The van der Waals surface area contributed by atoms with Crippen LogP contribution in [0.2, 0.25) is 0 Å². The van der Waals surface area contributed by atoms with Gasteiger partial charge in [-0.1, -0.05) is 54.6 Å². The summed E-state index contributed by atoms with van der Waals surface area (Å²) in [5.41, 5.74) is 2.75. The Morgan fingerprint density at radius 2 is 1.81 bits per heavy atom. The van der Waals surface area contributed by atoms with E-state index in [2.05, 4.69) is 15.6 Å². The fraction of sp³-hybridized carbons (Fsp3) is 0.152. The molecule has 0 spiro atoms. The molecule has 9 heteroatoms. The summed E-state index contributed by atoms with van der Waals surface area (Å²) in [5, 5.41) is 9.01. The average Bonchev–Trinajstić information content (AvgIpc) is 3.65. The number of furan rings is 1. The molecule has 6 rings (SSSR count). The van der Waals surface area contributed by atoms with Crippen molar-refractivity contribution in [3.05, 3.63) is 120 Å². The van der Waals surface area contributed by atoms with Crippen LogP contribution in [-0.4, -0.2) is 40.5 Å². The van der Waals surface area contributed by atoms with E-state index in [0.29, 0.717) is 28.7 Å². The lowest BCUT2D eigenvalue weighted by atomic mass is 10.0. The van der Waals surface area contributed by atoms with Crippen LogP contribution in [-0.2, 0) is 9.53 Å². The Labute approximate surface area is 248 Å². The van der Waals surface area contributed by atoms with Gasteiger partial charge >= 0.3 is 5.97 Å². The number of amides is 1. The minimum absolute atomic E-state index is 0.117. The number of thiocarbonyl (C=S) groups is 1. The van der Waals surface area contributed by atoms with Crippen LogP contribution in [0.15, 0.2) is 108 Å². The molecule has 2 aromatic heterocycles. The normalized spacial score (nSPS) is 16.3. The molecule has 3 aromatic carbocycles. The third-order valence-corrected chi connectivity index (χ3v) is 7.68. The van der Waals surface area contributed by atoms with E-state index in [1.807, 2.05) is 83.8 Å². The zero-order valence-corrected chi connectivity index (χ0v) is 23.6. The molecular weight excluding hydrogens is 548 g/mol. The lowest BCUT2D eigenvalue weighted by molar-refractivity contribution is -0.116. The van der Waals surface area contributed by atoms with Crippen molar-refractivity contribution >= 4 is 45.7 Å². The summed E-state index contributed by atoms with van der Waals surface area (Å²) >= 11 is 5.76. The maximum absolute atomic E-state index is 13.1. The van der Waals surface area contributed by atoms with E-state index in [4.69, 9.17) is 21.4 Å². The van der Waals surface area contributed by atoms with Crippen LogP contribution in [0.4, 0.5) is 5.69 Å². The molecule has 1 amide bonds. The predicted molar refractivity (Wildman–Crippen MR) is 165 cm³/mol. The maximum atomic E-state index is 13.1. The Morgan fingerprint density at radius 1 is 1.00 bits per heavy atom. The summed E-state index contributed by atoms with van der Waals surface area (Å²) < 4.78 is 11.3. The third kappa shape index (κ3) is 5.46. The number of benzene rings is 3. The molecule has 42 heavy (non-hydrogen) atoms. The number of hydrogen-bond acceptors (Lipinski definition) is 6. The number of aromatic nitrogens is 1. The largest absolute Gasteiger partial charge is 0.465 e. The Morgan fingerprint density at radius 3 is 2.64 bits per heavy atom. The minimum Gasteiger partial charge on any atom is -0.465 e. The number of carbonyl (C=O) groups excluding carboxylic acids is 2. The van der Waals surface area contributed by atoms with Gasteiger partial charge in [0.1, 0.15) is 17.6 Å². The van der Waals surface area contributed by atoms with Crippen molar-refractivity contribution in [2.45, 2.75) is 18.5 Å². The maximum Gasteiger partial charge on any atom is 0.337 e. The van der Waals surface area contributed by atoms with Gasteiger partial charge in [-0.2, -0.15) is 0 Å². The molecule has 1 aliphatic rings. The summed E-state index contributed by atoms with van der Waals surface area (Å²) in [6.07, 6.45) is 1.95. The van der Waals surface area contributed by atoms with Crippen LogP contribution < -0.4 is 10.6 Å². The molecule has 3 heterocycles. The standard InChI is InChI=1S/C33H28N4O4S/c1-40-32(39)23-11-6-10-22(20-23)27-15-16-28(41-27)31-30(26-13-4-5-18-34-26)36-33(42)37(31)19-17-29(38)35-25-14-7-9-21-8-2-3-12-24(21)25/h2-16,18,20,30-31H,17,19H2,1H3,(H,35,38)(H,36,42)/t30-,31-/m0/s1. The van der Waals surface area contributed by atoms with Gasteiger partial charge in [0.25, 0.3) is 0 Å². The van der Waals surface area contributed by atoms with E-state index < -0.39 is 5.97 Å². The van der Waals surface area contributed by atoms with E-state index in [-0.39, 0.29) is 24.4 Å². The molecule has 2 N–H and O–H groups in total. The number of hydrogen-bond donors (Lipinski definition) is 2. The van der Waals surface area contributed by atoms with Gasteiger partial charge in [0.15, 0.2) is 5.11 Å². The van der Waals surface area contributed by atoms with Crippen molar-refractivity contribution in [1.29, 1.82) is 0 Å². The van der Waals surface area contributed by atoms with Crippen molar-refractivity contribution < 1.29 is 18.7 Å². The van der Waals surface area contributed by atoms with Gasteiger partial charge in [-0.15, -0.1) is 0 Å². The van der Waals surface area contributed by atoms with Gasteiger partial charge in [-0.05, 0) is 60.1 Å². The number of nitrogens with one attached hydrogen (secondary N) is 2. The van der Waals surface area contributed by atoms with E-state index in [1.54, 1.807) is 24.4 Å². The lowest BCUT2D eigenvalue weighted by Gasteiger charge is -2.26. The smallest absolute Gasteiger partial charge is 0.337 e. The molecule has 0 bridgehead atoms. The number of nitrogens with zero attached hydrogens (tertiary/aromatic N) is 2. The second kappa shape index (κ2) is 11.8. The number of anilines is 1. The van der Waals surface area contributed by atoms with Crippen molar-refractivity contribution in [3.63, 3.8) is 0 Å². The van der Waals surface area contributed by atoms with E-state index in [9.17, 15) is 9.59 Å². The highest BCUT2D eigenvalue weighted by atomic mass is 32.1. The molecule has 0 unspecified atom stereocenters. The molecule has 1 aliphatic heterocycles. The molecule has 1 saturated heterocycles. The van der Waals surface area contributed by atoms with Gasteiger partial charge in [-0.3, -0.25) is 9.78 Å². The SMILES string of the molecule is COC(=O)c1cccc(-c2ccc([C@H]3[C@H](c4ccccn4)NC(=S)N3CCC(=O)Nc3cccc4ccccc34)o2)c1. The second-order valence-electron chi connectivity index (χ2n) is 9.92. The van der Waals surface area contributed by atoms with E-state index >= 15 is 0 Å². The summed E-state index contributed by atoms with van der Waals surface area (Å²) in [6.45, 7) is 0.365. The van der Waals surface area contributed by atoms with Crippen molar-refractivity contribution in [3.8, 4) is 11.3 Å². The van der Waals surface area contributed by atoms with Gasteiger partial charge < -0.3 is 24.7 Å². The van der Waals surface area contributed by atoms with Gasteiger partial charge in [0, 0.05) is 35.8 Å². The zero-order valence-electron chi connectivity index (χ0n) is 22.8. The second-order valence-corrected chi connectivity index (χ2v) is 10.3. The van der Waals surface area contributed by atoms with Crippen molar-refractivity contribution in [2.75, 3.05) is 19.0 Å². The Bertz CT molecular complexity index is 1770. The highest BCUT2D eigenvalue weighted by Crippen LogP contribution is 2.40. The van der Waals surface area contributed by atoms with Crippen LogP contribution in [0.25, 0.3) is 22.1 Å². The molecule has 1 fully saturated rings. The first-order valence-electron chi connectivity index (χ1n) is 13.6. The number of carbonyl (C=O) groups is 2. The number of ether oxygens (including phenoxy) is 1. The highest BCUT2D eigenvalue weighted by Gasteiger charge is 2.41. The summed E-state index contributed by atoms with van der Waals surface area (Å²) in [7, 11) is 1.35. The summed E-state index contributed by atoms with van der Waals surface area (Å²) in [4.78, 5) is 31.8. The Balaban J connectivity index is 1.26. The first-order valence-corrected chi connectivity index (χ1v) is 14.0. The lowest BCUT2D eigenvalue weighted by Crippen LogP contribution is -2.32. The molecule has 5 aromatic rings. The molecular formula is C33H28N4O4S. The fourth-order valence-corrected chi connectivity index (χ4v) is 5.64. The van der Waals surface area contributed by atoms with Crippen LogP contribution in [0.1, 0.15) is 40.3 Å². The van der Waals surface area contributed by atoms with Gasteiger partial charge in [0.05, 0.1) is 24.4 Å². The zero-order chi connectivity index (χ0) is 29.1. The first kappa shape index (κ1) is 27.2. The molecule has 0 saturated carbocycles. The Kier molecular flexibility index (Phi) is 7.66. The fourth-order valence-electron chi connectivity index (χ4n) is 5.31. The van der Waals surface area contributed by atoms with Crippen LogP contribution >= 0.6 is 12.2 Å². The van der Waals surface area contributed by atoms with E-state index in [0.717, 1.165) is 27.7 Å². The molecule has 0 aliphatic carbocycles.